The molecule has 0 aliphatic carbocycles. The molecule has 0 bridgehead atoms. The van der Waals surface area contributed by atoms with Crippen LogP contribution in [-0.4, -0.2) is 47.6 Å². The molecule has 1 unspecified atom stereocenters. The number of carboxylic acid groups (broad SMARTS) is 1. The largest absolute Gasteiger partial charge is 0.478 e. The maximum Gasteiger partial charge on any atom is 0.329 e. The van der Waals surface area contributed by atoms with Crippen molar-refractivity contribution in [1.29, 1.82) is 0 Å². The van der Waals surface area contributed by atoms with E-state index in [1.807, 2.05) is 0 Å². The molecule has 1 aliphatic rings. The first-order valence-corrected chi connectivity index (χ1v) is 4.96. The third kappa shape index (κ3) is 3.20. The van der Waals surface area contributed by atoms with Crippen molar-refractivity contribution >= 4 is 11.8 Å². The Bertz CT molecular complexity index is 335. The number of hydrogen-bond donors (Lipinski definition) is 1. The highest BCUT2D eigenvalue weighted by molar-refractivity contribution is 5.98. The van der Waals surface area contributed by atoms with Crippen LogP contribution >= 0.6 is 0 Å². The van der Waals surface area contributed by atoms with E-state index in [9.17, 15) is 9.59 Å². The Morgan fingerprint density at radius 2 is 2.25 bits per heavy atom. The molecule has 0 amide bonds. The number of ketones is 1. The summed E-state index contributed by atoms with van der Waals surface area (Å²) >= 11 is 0. The zero-order valence-electron chi connectivity index (χ0n) is 9.18. The van der Waals surface area contributed by atoms with Crippen molar-refractivity contribution in [3.63, 3.8) is 0 Å². The Kier molecular flexibility index (Phi) is 4.25. The van der Waals surface area contributed by atoms with Gasteiger partial charge in [-0.1, -0.05) is 6.58 Å². The molecule has 1 heterocycles. The van der Waals surface area contributed by atoms with E-state index < -0.39 is 12.0 Å². The molecular formula is C11H15NO4. The summed E-state index contributed by atoms with van der Waals surface area (Å²) < 4.78 is 5.21. The molecule has 1 aliphatic heterocycles. The van der Waals surface area contributed by atoms with E-state index >= 15 is 0 Å². The SMILES string of the molecule is C=C(C)C(=O)C1COCCN1C=CC(=O)O. The minimum Gasteiger partial charge on any atom is -0.478 e. The Labute approximate surface area is 94.0 Å². The number of morpholine rings is 1. The highest BCUT2D eigenvalue weighted by Gasteiger charge is 2.27. The molecular weight excluding hydrogens is 210 g/mol. The monoisotopic (exact) mass is 225 g/mol. The molecule has 1 saturated heterocycles. The smallest absolute Gasteiger partial charge is 0.329 e. The van der Waals surface area contributed by atoms with Gasteiger partial charge < -0.3 is 14.7 Å². The first kappa shape index (κ1) is 12.4. The van der Waals surface area contributed by atoms with Gasteiger partial charge in [0.2, 0.25) is 0 Å². The molecule has 1 rings (SSSR count). The number of nitrogens with zero attached hydrogens (tertiary/aromatic N) is 1. The molecule has 0 radical (unpaired) electrons. The fourth-order valence-electron chi connectivity index (χ4n) is 1.47. The second kappa shape index (κ2) is 5.46. The lowest BCUT2D eigenvalue weighted by Crippen LogP contribution is -2.47. The first-order valence-electron chi connectivity index (χ1n) is 4.96. The predicted octanol–water partition coefficient (Wildman–Crippen LogP) is 0.431. The zero-order chi connectivity index (χ0) is 12.1. The number of ether oxygens (including phenoxy) is 1. The minimum atomic E-state index is -1.03. The van der Waals surface area contributed by atoms with Crippen LogP contribution in [-0.2, 0) is 14.3 Å². The molecule has 1 atom stereocenters. The topological polar surface area (TPSA) is 66.8 Å². The number of carbonyl (C=O) groups is 2. The van der Waals surface area contributed by atoms with Crippen molar-refractivity contribution in [2.24, 2.45) is 0 Å². The van der Waals surface area contributed by atoms with E-state index in [1.165, 1.54) is 6.20 Å². The molecule has 0 aromatic carbocycles. The fraction of sp³-hybridized carbons (Fsp3) is 0.455. The number of carbonyl (C=O) groups excluding carboxylic acids is 1. The van der Waals surface area contributed by atoms with E-state index in [0.717, 1.165) is 6.08 Å². The fourth-order valence-corrected chi connectivity index (χ4v) is 1.47. The minimum absolute atomic E-state index is 0.116. The van der Waals surface area contributed by atoms with E-state index in [1.54, 1.807) is 11.8 Å². The summed E-state index contributed by atoms with van der Waals surface area (Å²) in [5, 5.41) is 8.53. The quantitative estimate of drug-likeness (QED) is 0.703. The molecule has 0 saturated carbocycles. The third-order valence-electron chi connectivity index (χ3n) is 2.30. The Balaban J connectivity index is 2.75. The maximum absolute atomic E-state index is 11.8. The average molecular weight is 225 g/mol. The van der Waals surface area contributed by atoms with Crippen LogP contribution in [0.4, 0.5) is 0 Å². The molecule has 0 aromatic rings. The van der Waals surface area contributed by atoms with Crippen LogP contribution in [0.25, 0.3) is 0 Å². The Morgan fingerprint density at radius 3 is 2.81 bits per heavy atom. The molecule has 88 valence electrons. The summed E-state index contributed by atoms with van der Waals surface area (Å²) in [6.45, 7) is 6.49. The van der Waals surface area contributed by atoms with Crippen LogP contribution in [0, 0.1) is 0 Å². The van der Waals surface area contributed by atoms with Crippen molar-refractivity contribution in [1.82, 2.24) is 4.90 Å². The van der Waals surface area contributed by atoms with E-state index in [4.69, 9.17) is 9.84 Å². The van der Waals surface area contributed by atoms with Crippen molar-refractivity contribution < 1.29 is 19.4 Å². The van der Waals surface area contributed by atoms with Crippen LogP contribution < -0.4 is 0 Å². The van der Waals surface area contributed by atoms with E-state index in [-0.39, 0.29) is 12.4 Å². The van der Waals surface area contributed by atoms with Crippen molar-refractivity contribution in [2.45, 2.75) is 13.0 Å². The summed E-state index contributed by atoms with van der Waals surface area (Å²) in [4.78, 5) is 23.8. The number of Topliss-reactive ketones (excluding diaryl/α,β-unsaturated/α-hetero) is 1. The number of aliphatic carboxylic acids is 1. The van der Waals surface area contributed by atoms with Gasteiger partial charge in [0.1, 0.15) is 6.04 Å². The van der Waals surface area contributed by atoms with Gasteiger partial charge in [-0.25, -0.2) is 4.79 Å². The van der Waals surface area contributed by atoms with Crippen molar-refractivity contribution in [3.8, 4) is 0 Å². The second-order valence-corrected chi connectivity index (χ2v) is 3.63. The second-order valence-electron chi connectivity index (χ2n) is 3.63. The van der Waals surface area contributed by atoms with Crippen LogP contribution in [0.1, 0.15) is 6.92 Å². The van der Waals surface area contributed by atoms with E-state index in [2.05, 4.69) is 6.58 Å². The Hall–Kier alpha value is -1.62. The van der Waals surface area contributed by atoms with Crippen LogP contribution in [0.15, 0.2) is 24.4 Å². The maximum atomic E-state index is 11.8. The summed E-state index contributed by atoms with van der Waals surface area (Å²) in [5.74, 6) is -1.15. The third-order valence-corrected chi connectivity index (χ3v) is 2.30. The molecule has 5 nitrogen and oxygen atoms in total. The lowest BCUT2D eigenvalue weighted by atomic mass is 10.1. The predicted molar refractivity (Wildman–Crippen MR) is 57.9 cm³/mol. The van der Waals surface area contributed by atoms with Gasteiger partial charge in [0, 0.05) is 18.8 Å². The van der Waals surface area contributed by atoms with Crippen molar-refractivity contribution in [3.05, 3.63) is 24.4 Å². The van der Waals surface area contributed by atoms with Crippen LogP contribution in [0.2, 0.25) is 0 Å². The van der Waals surface area contributed by atoms with Gasteiger partial charge in [0.05, 0.1) is 13.2 Å². The van der Waals surface area contributed by atoms with Gasteiger partial charge in [0.25, 0.3) is 0 Å². The zero-order valence-corrected chi connectivity index (χ0v) is 9.18. The van der Waals surface area contributed by atoms with Crippen LogP contribution in [0.3, 0.4) is 0 Å². The summed E-state index contributed by atoms with van der Waals surface area (Å²) in [6, 6.07) is -0.457. The van der Waals surface area contributed by atoms with E-state index in [0.29, 0.717) is 18.7 Å². The van der Waals surface area contributed by atoms with Gasteiger partial charge in [-0.2, -0.15) is 0 Å². The highest BCUT2D eigenvalue weighted by atomic mass is 16.5. The van der Waals surface area contributed by atoms with Gasteiger partial charge >= 0.3 is 5.97 Å². The summed E-state index contributed by atoms with van der Waals surface area (Å²) in [5.41, 5.74) is 0.448. The molecule has 1 fully saturated rings. The van der Waals surface area contributed by atoms with Crippen LogP contribution in [0.5, 0.6) is 0 Å². The highest BCUT2D eigenvalue weighted by Crippen LogP contribution is 2.11. The van der Waals surface area contributed by atoms with Gasteiger partial charge in [0.15, 0.2) is 5.78 Å². The standard InChI is InChI=1S/C11H15NO4/c1-8(2)11(15)9-7-16-6-5-12(9)4-3-10(13)14/h3-4,9H,1,5-7H2,2H3,(H,13,14). The van der Waals surface area contributed by atoms with Gasteiger partial charge in [-0.3, -0.25) is 4.79 Å². The van der Waals surface area contributed by atoms with Gasteiger partial charge in [-0.05, 0) is 12.5 Å². The molecule has 5 heteroatoms. The number of hydrogen-bond acceptors (Lipinski definition) is 4. The molecule has 1 N–H and O–H groups in total. The molecule has 16 heavy (non-hydrogen) atoms. The number of rotatable bonds is 4. The molecule has 0 aromatic heterocycles. The van der Waals surface area contributed by atoms with Crippen molar-refractivity contribution in [2.75, 3.05) is 19.8 Å². The lowest BCUT2D eigenvalue weighted by Gasteiger charge is -2.33. The van der Waals surface area contributed by atoms with Gasteiger partial charge in [-0.15, -0.1) is 0 Å². The number of carboxylic acids is 1. The average Bonchev–Trinajstić information content (AvgIpc) is 2.25. The normalized spacial score (nSPS) is 21.1. The summed E-state index contributed by atoms with van der Waals surface area (Å²) in [6.07, 6.45) is 2.43. The molecule has 0 spiro atoms. The lowest BCUT2D eigenvalue weighted by molar-refractivity contribution is -0.132. The summed E-state index contributed by atoms with van der Waals surface area (Å²) in [7, 11) is 0. The first-order chi connectivity index (χ1) is 7.52. The Morgan fingerprint density at radius 1 is 1.56 bits per heavy atom.